The Labute approximate surface area is 166 Å². The van der Waals surface area contributed by atoms with Crippen LogP contribution in [0.25, 0.3) is 11.4 Å². The molecule has 0 fully saturated rings. The van der Waals surface area contributed by atoms with Gasteiger partial charge in [-0.25, -0.2) is 13.7 Å². The van der Waals surface area contributed by atoms with Crippen LogP contribution in [0.1, 0.15) is 33.2 Å². The molecule has 10 heteroatoms. The second-order valence-corrected chi connectivity index (χ2v) is 7.66. The lowest BCUT2D eigenvalue weighted by Gasteiger charge is -2.16. The van der Waals surface area contributed by atoms with Crippen LogP contribution in [0.4, 0.5) is 10.2 Å². The number of anilines is 1. The number of nitrogens with zero attached hydrogens (tertiary/aromatic N) is 5. The molecular weight excluding hydrogens is 381 g/mol. The van der Waals surface area contributed by atoms with E-state index in [0.29, 0.717) is 22.4 Å². The summed E-state index contributed by atoms with van der Waals surface area (Å²) in [6, 6.07) is 7.87. The van der Waals surface area contributed by atoms with E-state index in [1.165, 1.54) is 28.6 Å². The number of nitrogens with two attached hydrogens (primary N) is 1. The average molecular weight is 403 g/mol. The van der Waals surface area contributed by atoms with Gasteiger partial charge in [-0.2, -0.15) is 5.10 Å². The molecule has 1 amide bonds. The van der Waals surface area contributed by atoms with E-state index in [1.807, 2.05) is 6.92 Å². The Hall–Kier alpha value is -2.88. The van der Waals surface area contributed by atoms with Gasteiger partial charge in [0.2, 0.25) is 11.1 Å². The van der Waals surface area contributed by atoms with Gasteiger partial charge in [0.15, 0.2) is 5.82 Å². The molecule has 0 unspecified atom stereocenters. The van der Waals surface area contributed by atoms with Gasteiger partial charge in [-0.3, -0.25) is 4.79 Å². The van der Waals surface area contributed by atoms with Crippen molar-refractivity contribution >= 4 is 23.5 Å². The first kappa shape index (κ1) is 19.9. The van der Waals surface area contributed by atoms with Crippen molar-refractivity contribution in [2.45, 2.75) is 43.6 Å². The molecule has 28 heavy (non-hydrogen) atoms. The molecule has 8 nitrogen and oxygen atoms in total. The number of thioether (sulfide) groups is 1. The minimum absolute atomic E-state index is 0.175. The average Bonchev–Trinajstić information content (AvgIpc) is 3.28. The van der Waals surface area contributed by atoms with Gasteiger partial charge in [0, 0.05) is 11.6 Å². The molecule has 0 aliphatic carbocycles. The SMILES string of the molecule is CC[C@@H](C)n1nccc1NC(=O)[C@@H](C)Sc1nnc(-c2cccc(F)c2)n1N. The molecule has 0 saturated carbocycles. The first-order valence-electron chi connectivity index (χ1n) is 8.88. The summed E-state index contributed by atoms with van der Waals surface area (Å²) >= 11 is 1.17. The number of hydrogen-bond donors (Lipinski definition) is 2. The Balaban J connectivity index is 1.71. The summed E-state index contributed by atoms with van der Waals surface area (Å²) in [5, 5.41) is 15.1. The summed E-state index contributed by atoms with van der Waals surface area (Å²) in [6.07, 6.45) is 2.55. The van der Waals surface area contributed by atoms with E-state index in [2.05, 4.69) is 27.5 Å². The zero-order valence-electron chi connectivity index (χ0n) is 15.8. The highest BCUT2D eigenvalue weighted by atomic mass is 32.2. The van der Waals surface area contributed by atoms with Crippen molar-refractivity contribution < 1.29 is 9.18 Å². The third-order valence-corrected chi connectivity index (χ3v) is 5.39. The predicted octanol–water partition coefficient (Wildman–Crippen LogP) is 3.08. The van der Waals surface area contributed by atoms with E-state index in [1.54, 1.807) is 36.0 Å². The van der Waals surface area contributed by atoms with Crippen LogP contribution >= 0.6 is 11.8 Å². The fourth-order valence-electron chi connectivity index (χ4n) is 2.56. The summed E-state index contributed by atoms with van der Waals surface area (Å²) < 4.78 is 16.5. The van der Waals surface area contributed by atoms with Gasteiger partial charge < -0.3 is 11.2 Å². The number of halogens is 1. The Morgan fingerprint density at radius 3 is 2.82 bits per heavy atom. The van der Waals surface area contributed by atoms with E-state index < -0.39 is 5.25 Å². The van der Waals surface area contributed by atoms with Crippen molar-refractivity contribution in [2.24, 2.45) is 0 Å². The molecule has 0 saturated heterocycles. The van der Waals surface area contributed by atoms with Crippen LogP contribution in [0.3, 0.4) is 0 Å². The van der Waals surface area contributed by atoms with Crippen LogP contribution in [0.2, 0.25) is 0 Å². The molecule has 0 bridgehead atoms. The number of benzene rings is 1. The van der Waals surface area contributed by atoms with Gasteiger partial charge in [-0.05, 0) is 32.4 Å². The van der Waals surface area contributed by atoms with Gasteiger partial charge in [0.05, 0.1) is 17.5 Å². The van der Waals surface area contributed by atoms with E-state index in [4.69, 9.17) is 5.84 Å². The lowest BCUT2D eigenvalue weighted by molar-refractivity contribution is -0.115. The summed E-state index contributed by atoms with van der Waals surface area (Å²) in [6.45, 7) is 5.84. The molecular formula is C18H22FN7OS. The number of carbonyl (C=O) groups is 1. The van der Waals surface area contributed by atoms with Crippen molar-refractivity contribution in [2.75, 3.05) is 11.2 Å². The molecule has 0 spiro atoms. The van der Waals surface area contributed by atoms with Gasteiger partial charge in [0.1, 0.15) is 11.6 Å². The lowest BCUT2D eigenvalue weighted by Crippen LogP contribution is -2.25. The number of amides is 1. The summed E-state index contributed by atoms with van der Waals surface area (Å²) in [5.74, 6) is 6.43. The van der Waals surface area contributed by atoms with Gasteiger partial charge in [0.25, 0.3) is 0 Å². The van der Waals surface area contributed by atoms with Gasteiger partial charge >= 0.3 is 0 Å². The first-order chi connectivity index (χ1) is 13.4. The predicted molar refractivity (Wildman–Crippen MR) is 107 cm³/mol. The number of hydrogen-bond acceptors (Lipinski definition) is 6. The molecule has 3 rings (SSSR count). The van der Waals surface area contributed by atoms with Crippen LogP contribution in [0, 0.1) is 5.82 Å². The topological polar surface area (TPSA) is 104 Å². The number of carbonyl (C=O) groups excluding carboxylic acids is 1. The second kappa shape index (κ2) is 8.42. The van der Waals surface area contributed by atoms with Gasteiger partial charge in [-0.15, -0.1) is 10.2 Å². The third-order valence-electron chi connectivity index (χ3n) is 4.33. The van der Waals surface area contributed by atoms with Crippen molar-refractivity contribution in [1.29, 1.82) is 0 Å². The molecule has 3 aromatic rings. The highest BCUT2D eigenvalue weighted by molar-refractivity contribution is 8.00. The quantitative estimate of drug-likeness (QED) is 0.464. The summed E-state index contributed by atoms with van der Waals surface area (Å²) in [5.41, 5.74) is 0.511. The van der Waals surface area contributed by atoms with Crippen LogP contribution in [-0.2, 0) is 4.79 Å². The monoisotopic (exact) mass is 403 g/mol. The Morgan fingerprint density at radius 1 is 1.32 bits per heavy atom. The Kier molecular flexibility index (Phi) is 5.98. The maximum atomic E-state index is 13.4. The number of nitrogens with one attached hydrogen (secondary N) is 1. The number of rotatable bonds is 7. The largest absolute Gasteiger partial charge is 0.335 e. The maximum Gasteiger partial charge on any atom is 0.238 e. The van der Waals surface area contributed by atoms with Crippen molar-refractivity contribution in [1.82, 2.24) is 24.7 Å². The molecule has 2 heterocycles. The highest BCUT2D eigenvalue weighted by Gasteiger charge is 2.21. The third kappa shape index (κ3) is 4.16. The zero-order chi connectivity index (χ0) is 20.3. The fraction of sp³-hybridized carbons (Fsp3) is 0.333. The number of nitrogen functional groups attached to an aromatic ring is 1. The maximum absolute atomic E-state index is 13.4. The smallest absolute Gasteiger partial charge is 0.238 e. The van der Waals surface area contributed by atoms with Crippen molar-refractivity contribution in [3.05, 3.63) is 42.3 Å². The lowest BCUT2D eigenvalue weighted by atomic mass is 10.2. The van der Waals surface area contributed by atoms with Crippen LogP contribution in [0.5, 0.6) is 0 Å². The summed E-state index contributed by atoms with van der Waals surface area (Å²) in [4.78, 5) is 12.6. The molecule has 2 aromatic heterocycles. The van der Waals surface area contributed by atoms with E-state index in [9.17, 15) is 9.18 Å². The molecule has 0 aliphatic heterocycles. The summed E-state index contributed by atoms with van der Waals surface area (Å²) in [7, 11) is 0. The van der Waals surface area contributed by atoms with Crippen LogP contribution in [0.15, 0.2) is 41.7 Å². The Bertz CT molecular complexity index is 971. The second-order valence-electron chi connectivity index (χ2n) is 6.35. The van der Waals surface area contributed by atoms with Crippen molar-refractivity contribution in [3.8, 4) is 11.4 Å². The van der Waals surface area contributed by atoms with Crippen molar-refractivity contribution in [3.63, 3.8) is 0 Å². The van der Waals surface area contributed by atoms with Crippen LogP contribution in [-0.4, -0.2) is 35.8 Å². The Morgan fingerprint density at radius 2 is 2.11 bits per heavy atom. The molecule has 2 atom stereocenters. The molecule has 1 aromatic carbocycles. The minimum atomic E-state index is -0.479. The van der Waals surface area contributed by atoms with E-state index in [0.717, 1.165) is 6.42 Å². The molecule has 0 aliphatic rings. The van der Waals surface area contributed by atoms with E-state index >= 15 is 0 Å². The first-order valence-corrected chi connectivity index (χ1v) is 9.76. The normalized spacial score (nSPS) is 13.3. The molecule has 0 radical (unpaired) electrons. The van der Waals surface area contributed by atoms with Gasteiger partial charge in [-0.1, -0.05) is 30.8 Å². The molecule has 148 valence electrons. The minimum Gasteiger partial charge on any atom is -0.335 e. The number of aromatic nitrogens is 5. The fourth-order valence-corrected chi connectivity index (χ4v) is 3.33. The van der Waals surface area contributed by atoms with Crippen LogP contribution < -0.4 is 11.2 Å². The standard InChI is InChI=1S/C18H22FN7OS/c1-4-11(2)26-15(8-9-21-26)22-17(27)12(3)28-18-24-23-16(25(18)20)13-6-5-7-14(19)10-13/h5-12H,4,20H2,1-3H3,(H,22,27)/t11-,12-/m1/s1. The molecule has 3 N–H and O–H groups in total. The zero-order valence-corrected chi connectivity index (χ0v) is 16.7. The highest BCUT2D eigenvalue weighted by Crippen LogP contribution is 2.26. The van der Waals surface area contributed by atoms with E-state index in [-0.39, 0.29) is 17.8 Å².